The fraction of sp³-hybridized carbons (Fsp3) is 0.357. The lowest BCUT2D eigenvalue weighted by Crippen LogP contribution is -2.31. The molecule has 0 aliphatic heterocycles. The van der Waals surface area contributed by atoms with Crippen LogP contribution in [0.4, 0.5) is 0 Å². The van der Waals surface area contributed by atoms with Gasteiger partial charge in [0.15, 0.2) is 5.76 Å². The largest absolute Gasteiger partial charge is 0.395 e. The Balaban J connectivity index is 2.07. The van der Waals surface area contributed by atoms with Gasteiger partial charge >= 0.3 is 0 Å². The lowest BCUT2D eigenvalue weighted by atomic mass is 10.1. The highest BCUT2D eigenvalue weighted by atomic mass is 16.5. The monoisotopic (exact) mass is 246 g/mol. The summed E-state index contributed by atoms with van der Waals surface area (Å²) in [5.41, 5.74) is 1.89. The number of nitrogens with zero attached hydrogens (tertiary/aromatic N) is 2. The van der Waals surface area contributed by atoms with Crippen molar-refractivity contribution in [2.24, 2.45) is 0 Å². The highest BCUT2D eigenvalue weighted by Gasteiger charge is 2.12. The molecule has 0 aliphatic rings. The van der Waals surface area contributed by atoms with Crippen LogP contribution in [0.5, 0.6) is 0 Å². The Morgan fingerprint density at radius 3 is 2.72 bits per heavy atom. The van der Waals surface area contributed by atoms with Crippen LogP contribution in [0.2, 0.25) is 0 Å². The van der Waals surface area contributed by atoms with E-state index in [4.69, 9.17) is 9.63 Å². The zero-order chi connectivity index (χ0) is 13.0. The van der Waals surface area contributed by atoms with Gasteiger partial charge in [-0.25, -0.2) is 0 Å². The third-order valence-electron chi connectivity index (χ3n) is 3.05. The molecule has 1 aromatic heterocycles. The molecule has 0 aliphatic carbocycles. The first-order valence-electron chi connectivity index (χ1n) is 6.03. The van der Waals surface area contributed by atoms with Gasteiger partial charge in [-0.1, -0.05) is 35.5 Å². The second-order valence-corrected chi connectivity index (χ2v) is 4.49. The summed E-state index contributed by atoms with van der Waals surface area (Å²) < 4.78 is 5.31. The fourth-order valence-electron chi connectivity index (χ4n) is 1.67. The van der Waals surface area contributed by atoms with Crippen molar-refractivity contribution in [3.63, 3.8) is 0 Å². The minimum absolute atomic E-state index is 0.107. The van der Waals surface area contributed by atoms with E-state index in [-0.39, 0.29) is 12.6 Å². The molecule has 1 aromatic carbocycles. The SMILES string of the molecule is CC(CO)N(C)Cc1cc(-c2ccccc2)no1. The Labute approximate surface area is 107 Å². The van der Waals surface area contributed by atoms with Crippen LogP contribution < -0.4 is 0 Å². The number of aliphatic hydroxyl groups excluding tert-OH is 1. The summed E-state index contributed by atoms with van der Waals surface area (Å²) in [5, 5.41) is 13.1. The molecule has 4 heteroatoms. The van der Waals surface area contributed by atoms with Crippen LogP contribution in [-0.4, -0.2) is 34.9 Å². The standard InChI is InChI=1S/C14H18N2O2/c1-11(10-17)16(2)9-13-8-14(15-18-13)12-6-4-3-5-7-12/h3-8,11,17H,9-10H2,1-2H3. The van der Waals surface area contributed by atoms with Crippen LogP contribution in [0.3, 0.4) is 0 Å². The topological polar surface area (TPSA) is 49.5 Å². The van der Waals surface area contributed by atoms with Gasteiger partial charge in [0.25, 0.3) is 0 Å². The van der Waals surface area contributed by atoms with Gasteiger partial charge in [0, 0.05) is 17.7 Å². The van der Waals surface area contributed by atoms with E-state index in [0.717, 1.165) is 17.0 Å². The van der Waals surface area contributed by atoms with E-state index in [1.54, 1.807) is 0 Å². The lowest BCUT2D eigenvalue weighted by molar-refractivity contribution is 0.143. The van der Waals surface area contributed by atoms with Crippen LogP contribution in [0.15, 0.2) is 40.9 Å². The van der Waals surface area contributed by atoms with Crippen LogP contribution in [0.1, 0.15) is 12.7 Å². The van der Waals surface area contributed by atoms with Crippen molar-refractivity contribution in [2.45, 2.75) is 19.5 Å². The van der Waals surface area contributed by atoms with Crippen LogP contribution in [0, 0.1) is 0 Å². The number of likely N-dealkylation sites (N-methyl/N-ethyl adjacent to an activating group) is 1. The van der Waals surface area contributed by atoms with Crippen molar-refractivity contribution >= 4 is 0 Å². The van der Waals surface area contributed by atoms with Crippen LogP contribution >= 0.6 is 0 Å². The maximum absolute atomic E-state index is 9.08. The molecule has 1 unspecified atom stereocenters. The van der Waals surface area contributed by atoms with Crippen molar-refractivity contribution in [2.75, 3.05) is 13.7 Å². The van der Waals surface area contributed by atoms with E-state index in [9.17, 15) is 0 Å². The van der Waals surface area contributed by atoms with Crippen LogP contribution in [-0.2, 0) is 6.54 Å². The normalized spacial score (nSPS) is 12.9. The summed E-state index contributed by atoms with van der Waals surface area (Å²) in [5.74, 6) is 0.802. The molecule has 4 nitrogen and oxygen atoms in total. The quantitative estimate of drug-likeness (QED) is 0.878. The average Bonchev–Trinajstić information content (AvgIpc) is 2.87. The lowest BCUT2D eigenvalue weighted by Gasteiger charge is -2.20. The van der Waals surface area contributed by atoms with Crippen molar-refractivity contribution in [1.29, 1.82) is 0 Å². The second kappa shape index (κ2) is 5.80. The molecular formula is C14H18N2O2. The molecule has 2 rings (SSSR count). The zero-order valence-electron chi connectivity index (χ0n) is 10.7. The molecule has 1 heterocycles. The third kappa shape index (κ3) is 2.97. The molecule has 96 valence electrons. The fourth-order valence-corrected chi connectivity index (χ4v) is 1.67. The first-order chi connectivity index (χ1) is 8.70. The van der Waals surface area contributed by atoms with Gasteiger partial charge in [0.2, 0.25) is 0 Å². The zero-order valence-corrected chi connectivity index (χ0v) is 10.7. The van der Waals surface area contributed by atoms with Gasteiger partial charge in [-0.2, -0.15) is 0 Å². The molecule has 0 saturated carbocycles. The Kier molecular flexibility index (Phi) is 4.12. The van der Waals surface area contributed by atoms with Crippen molar-refractivity contribution in [3.8, 4) is 11.3 Å². The number of benzene rings is 1. The van der Waals surface area contributed by atoms with E-state index in [1.165, 1.54) is 0 Å². The first-order valence-corrected chi connectivity index (χ1v) is 6.03. The third-order valence-corrected chi connectivity index (χ3v) is 3.05. The van der Waals surface area contributed by atoms with Gasteiger partial charge in [-0.15, -0.1) is 0 Å². The maximum Gasteiger partial charge on any atom is 0.151 e. The second-order valence-electron chi connectivity index (χ2n) is 4.49. The number of rotatable bonds is 5. The van der Waals surface area contributed by atoms with E-state index in [2.05, 4.69) is 5.16 Å². The Morgan fingerprint density at radius 2 is 2.06 bits per heavy atom. The van der Waals surface area contributed by atoms with Gasteiger partial charge in [-0.05, 0) is 14.0 Å². The summed E-state index contributed by atoms with van der Waals surface area (Å²) in [6.07, 6.45) is 0. The predicted molar refractivity (Wildman–Crippen MR) is 70.0 cm³/mol. The minimum Gasteiger partial charge on any atom is -0.395 e. The molecule has 0 amide bonds. The van der Waals surface area contributed by atoms with Gasteiger partial charge in [0.1, 0.15) is 5.69 Å². The Morgan fingerprint density at radius 1 is 1.33 bits per heavy atom. The molecule has 1 N–H and O–H groups in total. The predicted octanol–water partition coefficient (Wildman–Crippen LogP) is 2.15. The smallest absolute Gasteiger partial charge is 0.151 e. The van der Waals surface area contributed by atoms with Crippen molar-refractivity contribution in [1.82, 2.24) is 10.1 Å². The molecule has 0 saturated heterocycles. The van der Waals surface area contributed by atoms with E-state index >= 15 is 0 Å². The van der Waals surface area contributed by atoms with E-state index < -0.39 is 0 Å². The molecule has 18 heavy (non-hydrogen) atoms. The first kappa shape index (κ1) is 12.8. The number of aromatic nitrogens is 1. The number of hydrogen-bond donors (Lipinski definition) is 1. The molecule has 2 aromatic rings. The van der Waals surface area contributed by atoms with Crippen molar-refractivity contribution < 1.29 is 9.63 Å². The number of hydrogen-bond acceptors (Lipinski definition) is 4. The molecule has 0 fully saturated rings. The van der Waals surface area contributed by atoms with Gasteiger partial charge in [0.05, 0.1) is 13.2 Å². The molecule has 1 atom stereocenters. The summed E-state index contributed by atoms with van der Waals surface area (Å²) in [7, 11) is 1.95. The van der Waals surface area contributed by atoms with Gasteiger partial charge in [-0.3, -0.25) is 4.90 Å². The van der Waals surface area contributed by atoms with Gasteiger partial charge < -0.3 is 9.63 Å². The molecule has 0 bridgehead atoms. The summed E-state index contributed by atoms with van der Waals surface area (Å²) in [6.45, 7) is 2.74. The average molecular weight is 246 g/mol. The van der Waals surface area contributed by atoms with E-state index in [0.29, 0.717) is 6.54 Å². The maximum atomic E-state index is 9.08. The highest BCUT2D eigenvalue weighted by Crippen LogP contribution is 2.19. The highest BCUT2D eigenvalue weighted by molar-refractivity contribution is 5.58. The molecule has 0 radical (unpaired) electrons. The number of aliphatic hydroxyl groups is 1. The Hall–Kier alpha value is -1.65. The molecule has 0 spiro atoms. The minimum atomic E-state index is 0.107. The Bertz CT molecular complexity index is 482. The van der Waals surface area contributed by atoms with Crippen molar-refractivity contribution in [3.05, 3.63) is 42.2 Å². The summed E-state index contributed by atoms with van der Waals surface area (Å²) in [4.78, 5) is 2.02. The summed E-state index contributed by atoms with van der Waals surface area (Å²) >= 11 is 0. The molecular weight excluding hydrogens is 228 g/mol. The van der Waals surface area contributed by atoms with E-state index in [1.807, 2.05) is 55.3 Å². The summed E-state index contributed by atoms with van der Waals surface area (Å²) in [6, 6.07) is 12.0. The van der Waals surface area contributed by atoms with Crippen LogP contribution in [0.25, 0.3) is 11.3 Å².